The Morgan fingerprint density at radius 2 is 1.82 bits per heavy atom. The van der Waals surface area contributed by atoms with Crippen LogP contribution in [-0.2, 0) is 9.59 Å². The quantitative estimate of drug-likeness (QED) is 0.272. The monoisotopic (exact) mass is 497 g/mol. The molecule has 7 nitrogen and oxygen atoms in total. The number of aliphatic hydroxyl groups excluding tert-OH is 3. The lowest BCUT2D eigenvalue weighted by molar-refractivity contribution is -0.142. The Hall–Kier alpha value is -1.45. The summed E-state index contributed by atoms with van der Waals surface area (Å²) >= 11 is 1.54. The van der Waals surface area contributed by atoms with Crippen molar-refractivity contribution < 1.29 is 30.0 Å². The molecule has 0 aromatic carbocycles. The smallest absolute Gasteiger partial charge is 0.146 e. The van der Waals surface area contributed by atoms with Gasteiger partial charge in [0.05, 0.1) is 40.0 Å². The third-order valence-corrected chi connectivity index (χ3v) is 7.63. The zero-order chi connectivity index (χ0) is 26.3. The Kier molecular flexibility index (Phi) is 11.7. The molecule has 1 rings (SSSR count). The molecule has 1 aromatic heterocycles. The van der Waals surface area contributed by atoms with Crippen LogP contribution in [0.5, 0.6) is 0 Å². The SMILES string of the molecule is C/C(=C\c1csc(C)n1)C(O)CC(C)(O)CCCC(C)C(O)C(C)C(=O)C(C)(C)C(O)CC=O. The van der Waals surface area contributed by atoms with Crippen LogP contribution < -0.4 is 0 Å². The van der Waals surface area contributed by atoms with Gasteiger partial charge in [0.2, 0.25) is 0 Å². The van der Waals surface area contributed by atoms with Crippen molar-refractivity contribution in [2.45, 2.75) is 104 Å². The maximum Gasteiger partial charge on any atom is 0.146 e. The normalized spacial score (nSPS) is 19.1. The van der Waals surface area contributed by atoms with Crippen molar-refractivity contribution in [1.82, 2.24) is 4.98 Å². The molecule has 6 unspecified atom stereocenters. The molecule has 8 heteroatoms. The molecule has 4 N–H and O–H groups in total. The van der Waals surface area contributed by atoms with Crippen LogP contribution in [0.2, 0.25) is 0 Å². The van der Waals surface area contributed by atoms with Crippen molar-refractivity contribution in [3.05, 3.63) is 21.7 Å². The Balaban J connectivity index is 2.60. The predicted octanol–water partition coefficient (Wildman–Crippen LogP) is 3.71. The Morgan fingerprint density at radius 3 is 2.35 bits per heavy atom. The van der Waals surface area contributed by atoms with Gasteiger partial charge in [0.25, 0.3) is 0 Å². The number of hydrogen-bond donors (Lipinski definition) is 4. The fourth-order valence-electron chi connectivity index (χ4n) is 4.22. The van der Waals surface area contributed by atoms with E-state index in [1.807, 2.05) is 32.2 Å². The highest BCUT2D eigenvalue weighted by Gasteiger charge is 2.41. The molecule has 1 heterocycles. The van der Waals surface area contributed by atoms with E-state index in [9.17, 15) is 30.0 Å². The molecule has 0 aliphatic carbocycles. The molecule has 0 aliphatic rings. The number of aliphatic hydroxyl groups is 4. The van der Waals surface area contributed by atoms with Crippen molar-refractivity contribution in [3.8, 4) is 0 Å². The van der Waals surface area contributed by atoms with Crippen LogP contribution in [0.4, 0.5) is 0 Å². The number of thiazole rings is 1. The van der Waals surface area contributed by atoms with Gasteiger partial charge in [0.1, 0.15) is 12.1 Å². The topological polar surface area (TPSA) is 128 Å². The van der Waals surface area contributed by atoms with Gasteiger partial charge in [-0.3, -0.25) is 4.79 Å². The van der Waals surface area contributed by atoms with Crippen LogP contribution >= 0.6 is 11.3 Å². The van der Waals surface area contributed by atoms with Crippen molar-refractivity contribution in [1.29, 1.82) is 0 Å². The van der Waals surface area contributed by atoms with E-state index >= 15 is 0 Å². The fourth-order valence-corrected chi connectivity index (χ4v) is 4.79. The summed E-state index contributed by atoms with van der Waals surface area (Å²) in [6.07, 6.45) is 1.33. The number of carbonyl (C=O) groups excluding carboxylic acids is 2. The Bertz CT molecular complexity index is 831. The molecule has 194 valence electrons. The van der Waals surface area contributed by atoms with Gasteiger partial charge in [-0.2, -0.15) is 0 Å². The number of ketones is 1. The van der Waals surface area contributed by atoms with Gasteiger partial charge < -0.3 is 25.2 Å². The maximum atomic E-state index is 12.9. The first-order valence-corrected chi connectivity index (χ1v) is 12.8. The molecule has 0 fully saturated rings. The van der Waals surface area contributed by atoms with E-state index in [0.717, 1.165) is 16.3 Å². The molecular weight excluding hydrogens is 454 g/mol. The molecule has 1 aromatic rings. The molecule has 34 heavy (non-hydrogen) atoms. The van der Waals surface area contributed by atoms with Crippen LogP contribution in [0.25, 0.3) is 6.08 Å². The predicted molar refractivity (Wildman–Crippen MR) is 135 cm³/mol. The van der Waals surface area contributed by atoms with E-state index in [2.05, 4.69) is 4.98 Å². The average molecular weight is 498 g/mol. The molecule has 0 saturated heterocycles. The number of aromatic nitrogens is 1. The molecule has 0 amide bonds. The number of aldehydes is 1. The van der Waals surface area contributed by atoms with E-state index in [1.54, 1.807) is 39.0 Å². The third-order valence-electron chi connectivity index (χ3n) is 6.84. The van der Waals surface area contributed by atoms with Gasteiger partial charge in [0.15, 0.2) is 0 Å². The molecule has 0 spiro atoms. The van der Waals surface area contributed by atoms with E-state index in [0.29, 0.717) is 25.5 Å². The first-order chi connectivity index (χ1) is 15.6. The van der Waals surface area contributed by atoms with Gasteiger partial charge in [-0.25, -0.2) is 4.98 Å². The van der Waals surface area contributed by atoms with Crippen LogP contribution in [0, 0.1) is 24.2 Å². The second-order valence-corrected chi connectivity index (χ2v) is 11.6. The molecular formula is C26H43NO6S. The standard InChI is InChI=1S/C26H43NO6S/c1-16(23(31)18(3)24(32)25(5,6)22(30)10-12-28)9-8-11-26(7,33)14-21(29)17(2)13-20-15-34-19(4)27-20/h12-13,15-16,18,21-23,29-31,33H,8-11,14H2,1-7H3/b17-13+. The Morgan fingerprint density at radius 1 is 1.21 bits per heavy atom. The molecule has 0 bridgehead atoms. The first-order valence-electron chi connectivity index (χ1n) is 12.0. The largest absolute Gasteiger partial charge is 0.392 e. The Labute approximate surface area is 207 Å². The van der Waals surface area contributed by atoms with Crippen molar-refractivity contribution >= 4 is 29.5 Å². The van der Waals surface area contributed by atoms with E-state index < -0.39 is 35.2 Å². The summed E-state index contributed by atoms with van der Waals surface area (Å²) in [7, 11) is 0. The minimum absolute atomic E-state index is 0.129. The lowest BCUT2D eigenvalue weighted by Crippen LogP contribution is -2.45. The summed E-state index contributed by atoms with van der Waals surface area (Å²) in [5.41, 5.74) is -0.684. The second kappa shape index (κ2) is 13.0. The highest BCUT2D eigenvalue weighted by Crippen LogP contribution is 2.32. The minimum atomic E-state index is -1.14. The number of carbonyl (C=O) groups is 2. The maximum absolute atomic E-state index is 12.9. The summed E-state index contributed by atoms with van der Waals surface area (Å²) in [5.74, 6) is -1.18. The van der Waals surface area contributed by atoms with Crippen molar-refractivity contribution in [2.24, 2.45) is 17.3 Å². The van der Waals surface area contributed by atoms with Gasteiger partial charge in [0, 0.05) is 24.1 Å². The number of rotatable bonds is 15. The molecule has 0 aliphatic heterocycles. The van der Waals surface area contributed by atoms with Crippen molar-refractivity contribution in [2.75, 3.05) is 0 Å². The molecule has 6 atom stereocenters. The summed E-state index contributed by atoms with van der Waals surface area (Å²) < 4.78 is 0. The average Bonchev–Trinajstić information content (AvgIpc) is 3.15. The summed E-state index contributed by atoms with van der Waals surface area (Å²) in [6, 6.07) is 0. The van der Waals surface area contributed by atoms with Gasteiger partial charge in [-0.05, 0) is 51.2 Å². The minimum Gasteiger partial charge on any atom is -0.392 e. The number of Topliss-reactive ketones (excluding diaryl/α,β-unsaturated/α-hetero) is 1. The highest BCUT2D eigenvalue weighted by molar-refractivity contribution is 7.09. The highest BCUT2D eigenvalue weighted by atomic mass is 32.1. The summed E-state index contributed by atoms with van der Waals surface area (Å²) in [4.78, 5) is 28.0. The summed E-state index contributed by atoms with van der Waals surface area (Å²) in [6.45, 7) is 12.1. The van der Waals surface area contributed by atoms with Crippen LogP contribution in [0.1, 0.15) is 84.3 Å². The van der Waals surface area contributed by atoms with E-state index in [-0.39, 0.29) is 24.5 Å². The fraction of sp³-hybridized carbons (Fsp3) is 0.731. The van der Waals surface area contributed by atoms with Crippen LogP contribution in [0.15, 0.2) is 11.0 Å². The van der Waals surface area contributed by atoms with E-state index in [4.69, 9.17) is 0 Å². The van der Waals surface area contributed by atoms with Crippen molar-refractivity contribution in [3.63, 3.8) is 0 Å². The zero-order valence-corrected chi connectivity index (χ0v) is 22.4. The van der Waals surface area contributed by atoms with Gasteiger partial charge in [-0.15, -0.1) is 11.3 Å². The zero-order valence-electron chi connectivity index (χ0n) is 21.6. The van der Waals surface area contributed by atoms with Crippen LogP contribution in [-0.4, -0.2) is 61.4 Å². The van der Waals surface area contributed by atoms with Gasteiger partial charge in [-0.1, -0.05) is 34.1 Å². The number of aryl methyl sites for hydroxylation is 1. The number of nitrogens with zero attached hydrogens (tertiary/aromatic N) is 1. The molecule has 0 saturated carbocycles. The van der Waals surface area contributed by atoms with E-state index in [1.165, 1.54) is 0 Å². The van der Waals surface area contributed by atoms with Crippen LogP contribution in [0.3, 0.4) is 0 Å². The first kappa shape index (κ1) is 30.6. The number of hydrogen-bond acceptors (Lipinski definition) is 8. The summed E-state index contributed by atoms with van der Waals surface area (Å²) in [5, 5.41) is 45.1. The lowest BCUT2D eigenvalue weighted by atomic mass is 9.73. The molecule has 0 radical (unpaired) electrons. The third kappa shape index (κ3) is 8.96. The lowest BCUT2D eigenvalue weighted by Gasteiger charge is -2.34. The second-order valence-electron chi connectivity index (χ2n) is 10.5. The van der Waals surface area contributed by atoms with Gasteiger partial charge >= 0.3 is 0 Å².